The Morgan fingerprint density at radius 2 is 0.861 bits per heavy atom. The van der Waals surface area contributed by atoms with Gasteiger partial charge in [0.2, 0.25) is 0 Å². The van der Waals surface area contributed by atoms with Gasteiger partial charge in [0.1, 0.15) is 11.3 Å². The van der Waals surface area contributed by atoms with E-state index in [0.29, 0.717) is 12.8 Å². The Morgan fingerprint density at radius 1 is 0.639 bits per heavy atom. The molecule has 0 aromatic heterocycles. The first kappa shape index (κ1) is 33.3. The van der Waals surface area contributed by atoms with Crippen molar-refractivity contribution in [1.29, 1.82) is 0 Å². The van der Waals surface area contributed by atoms with Gasteiger partial charge in [0.25, 0.3) is 0 Å². The second kappa shape index (κ2) is 14.5. The largest absolute Gasteiger partial charge is 0.393 e. The zero-order chi connectivity index (χ0) is 27.8. The third-order valence-electron chi connectivity index (χ3n) is 6.39. The second-order valence-corrected chi connectivity index (χ2v) is 13.8. The molecule has 0 aliphatic heterocycles. The average molecular weight is 581 g/mol. The van der Waals surface area contributed by atoms with Crippen LogP contribution in [0.3, 0.4) is 0 Å². The van der Waals surface area contributed by atoms with Crippen molar-refractivity contribution in [2.45, 2.75) is 79.5 Å². The molecule has 4 N–H and O–H groups in total. The molecule has 0 amide bonds. The lowest BCUT2D eigenvalue weighted by molar-refractivity contribution is 0.215. The molecular formula is C24H42N2O6P2S2. The van der Waals surface area contributed by atoms with Crippen molar-refractivity contribution >= 4 is 49.6 Å². The van der Waals surface area contributed by atoms with Crippen molar-refractivity contribution in [1.82, 2.24) is 0 Å². The molecule has 2 unspecified atom stereocenters. The van der Waals surface area contributed by atoms with Crippen LogP contribution in [0.2, 0.25) is 0 Å². The van der Waals surface area contributed by atoms with E-state index in [0.717, 1.165) is 33.4 Å². The quantitative estimate of drug-likeness (QED) is 0.182. The predicted octanol–water partition coefficient (Wildman–Crippen LogP) is 5.85. The maximum Gasteiger partial charge on any atom is 0.340 e. The third-order valence-corrected chi connectivity index (χ3v) is 12.2. The van der Waals surface area contributed by atoms with Crippen LogP contribution in [0.5, 0.6) is 0 Å². The number of thiocarbonyl (C=S) groups is 2. The molecule has 2 atom stereocenters. The van der Waals surface area contributed by atoms with Crippen LogP contribution in [0.15, 0.2) is 0 Å². The molecule has 0 bridgehead atoms. The average Bonchev–Trinajstić information content (AvgIpc) is 2.77. The van der Waals surface area contributed by atoms with Gasteiger partial charge in [-0.1, -0.05) is 24.4 Å². The summed E-state index contributed by atoms with van der Waals surface area (Å²) in [6.07, 6.45) is 0.614. The Hall–Kier alpha value is -0.700. The summed E-state index contributed by atoms with van der Waals surface area (Å²) in [5.74, 6) is 0. The fourth-order valence-corrected chi connectivity index (χ4v) is 9.04. The van der Waals surface area contributed by atoms with Crippen molar-refractivity contribution < 1.29 is 27.2 Å². The Labute approximate surface area is 227 Å². The molecule has 0 saturated heterocycles. The summed E-state index contributed by atoms with van der Waals surface area (Å²) >= 11 is 10.6. The molecule has 1 aromatic carbocycles. The first-order chi connectivity index (χ1) is 16.7. The van der Waals surface area contributed by atoms with E-state index < -0.39 is 26.5 Å². The SMILES string of the molecule is CCOP(=O)(OCC)C(Cc1c(C)c(C)c(CC(C(N)=S)P(=O)(OCC)OCC)c(C)c1C)C(N)=S. The minimum absolute atomic E-state index is 0.0846. The minimum atomic E-state index is -3.58. The zero-order valence-electron chi connectivity index (χ0n) is 22.7. The first-order valence-corrected chi connectivity index (χ1v) is 16.2. The van der Waals surface area contributed by atoms with Gasteiger partial charge in [0, 0.05) is 0 Å². The van der Waals surface area contributed by atoms with Crippen molar-refractivity contribution in [2.75, 3.05) is 26.4 Å². The van der Waals surface area contributed by atoms with E-state index in [-0.39, 0.29) is 36.4 Å². The molecule has 36 heavy (non-hydrogen) atoms. The molecule has 0 heterocycles. The Morgan fingerprint density at radius 3 is 1.03 bits per heavy atom. The van der Waals surface area contributed by atoms with Gasteiger partial charge in [-0.15, -0.1) is 0 Å². The fraction of sp³-hybridized carbons (Fsp3) is 0.667. The van der Waals surface area contributed by atoms with E-state index in [2.05, 4.69) is 0 Å². The minimum Gasteiger partial charge on any atom is -0.393 e. The highest BCUT2D eigenvalue weighted by Gasteiger charge is 2.40. The van der Waals surface area contributed by atoms with Crippen molar-refractivity contribution in [3.05, 3.63) is 33.4 Å². The summed E-state index contributed by atoms with van der Waals surface area (Å²) in [6, 6.07) is 0. The number of hydrogen-bond donors (Lipinski definition) is 2. The van der Waals surface area contributed by atoms with Gasteiger partial charge >= 0.3 is 15.2 Å². The molecule has 12 heteroatoms. The summed E-state index contributed by atoms with van der Waals surface area (Å²) < 4.78 is 49.4. The fourth-order valence-electron chi connectivity index (χ4n) is 4.36. The number of hydrogen-bond acceptors (Lipinski definition) is 8. The molecule has 1 aromatic rings. The smallest absolute Gasteiger partial charge is 0.340 e. The normalized spacial score (nSPS) is 14.0. The van der Waals surface area contributed by atoms with E-state index >= 15 is 0 Å². The first-order valence-electron chi connectivity index (χ1n) is 12.2. The molecular weight excluding hydrogens is 538 g/mol. The third kappa shape index (κ3) is 7.67. The van der Waals surface area contributed by atoms with Crippen LogP contribution in [0.4, 0.5) is 0 Å². The molecule has 0 fully saturated rings. The van der Waals surface area contributed by atoms with Crippen LogP contribution in [0, 0.1) is 27.7 Å². The molecule has 206 valence electrons. The Kier molecular flexibility index (Phi) is 13.4. The Bertz CT molecular complexity index is 920. The highest BCUT2D eigenvalue weighted by Crippen LogP contribution is 2.56. The van der Waals surface area contributed by atoms with Crippen LogP contribution in [0.25, 0.3) is 0 Å². The molecule has 0 aliphatic rings. The predicted molar refractivity (Wildman–Crippen MR) is 156 cm³/mol. The maximum atomic E-state index is 13.6. The lowest BCUT2D eigenvalue weighted by atomic mass is 9.85. The van der Waals surface area contributed by atoms with E-state index in [4.69, 9.17) is 54.0 Å². The van der Waals surface area contributed by atoms with Crippen LogP contribution < -0.4 is 11.5 Å². The summed E-state index contributed by atoms with van der Waals surface area (Å²) in [4.78, 5) is 0.169. The standard InChI is InChI=1S/C24H42N2O6P2S2/c1-9-29-33(27,30-10-2)21(23(25)35)13-19-15(5)17(7)20(18(8)16(19)6)14-22(24(26)36)34(28,31-11-3)32-12-4/h21-22H,9-14H2,1-8H3,(H2,25,35)(H2,26,36). The highest BCUT2D eigenvalue weighted by molar-refractivity contribution is 7.81. The molecule has 0 spiro atoms. The van der Waals surface area contributed by atoms with Crippen molar-refractivity contribution in [3.63, 3.8) is 0 Å². The summed E-state index contributed by atoms with van der Waals surface area (Å²) in [6.45, 7) is 15.8. The van der Waals surface area contributed by atoms with Gasteiger partial charge < -0.3 is 29.6 Å². The number of benzene rings is 1. The van der Waals surface area contributed by atoms with Gasteiger partial charge in [-0.2, -0.15) is 0 Å². The van der Waals surface area contributed by atoms with E-state index in [1.165, 1.54) is 0 Å². The van der Waals surface area contributed by atoms with Gasteiger partial charge in [0.15, 0.2) is 0 Å². The van der Waals surface area contributed by atoms with Crippen molar-refractivity contribution in [3.8, 4) is 0 Å². The second-order valence-electron chi connectivity index (χ2n) is 8.45. The molecule has 8 nitrogen and oxygen atoms in total. The van der Waals surface area contributed by atoms with Crippen LogP contribution in [-0.4, -0.2) is 47.7 Å². The zero-order valence-corrected chi connectivity index (χ0v) is 26.1. The number of nitrogens with two attached hydrogens (primary N) is 2. The molecule has 0 aliphatic carbocycles. The summed E-state index contributed by atoms with van der Waals surface area (Å²) in [7, 11) is -7.15. The van der Waals surface area contributed by atoms with E-state index in [1.807, 2.05) is 27.7 Å². The van der Waals surface area contributed by atoms with Gasteiger partial charge in [-0.25, -0.2) is 0 Å². The lowest BCUT2D eigenvalue weighted by Crippen LogP contribution is -2.32. The van der Waals surface area contributed by atoms with E-state index in [9.17, 15) is 9.13 Å². The highest BCUT2D eigenvalue weighted by atomic mass is 32.1. The van der Waals surface area contributed by atoms with Crippen LogP contribution >= 0.6 is 39.6 Å². The van der Waals surface area contributed by atoms with Gasteiger partial charge in [0.05, 0.1) is 36.4 Å². The summed E-state index contributed by atoms with van der Waals surface area (Å²) in [5.41, 5.74) is 16.4. The molecule has 1 rings (SSSR count). The lowest BCUT2D eigenvalue weighted by Gasteiger charge is -2.30. The van der Waals surface area contributed by atoms with E-state index in [1.54, 1.807) is 27.7 Å². The van der Waals surface area contributed by atoms with Gasteiger partial charge in [-0.05, 0) is 102 Å². The monoisotopic (exact) mass is 580 g/mol. The topological polar surface area (TPSA) is 123 Å². The van der Waals surface area contributed by atoms with Crippen LogP contribution in [0.1, 0.15) is 61.1 Å². The van der Waals surface area contributed by atoms with Gasteiger partial charge in [-0.3, -0.25) is 9.13 Å². The summed E-state index contributed by atoms with van der Waals surface area (Å²) in [5, 5.41) is 0. The van der Waals surface area contributed by atoms with Crippen LogP contribution in [-0.2, 0) is 40.1 Å². The number of rotatable bonds is 16. The molecule has 0 saturated carbocycles. The maximum absolute atomic E-state index is 13.6. The Balaban J connectivity index is 3.63. The van der Waals surface area contributed by atoms with Crippen molar-refractivity contribution in [2.24, 2.45) is 11.5 Å². The molecule has 0 radical (unpaired) electrons.